The van der Waals surface area contributed by atoms with Gasteiger partial charge < -0.3 is 19.9 Å². The van der Waals surface area contributed by atoms with Gasteiger partial charge in [-0.05, 0) is 38.0 Å². The summed E-state index contributed by atoms with van der Waals surface area (Å²) in [5.74, 6) is 0.181. The number of hydrogen-bond acceptors (Lipinski definition) is 3. The lowest BCUT2D eigenvalue weighted by atomic mass is 10.0. The van der Waals surface area contributed by atoms with Crippen LogP contribution in [0.2, 0.25) is 0 Å². The molecule has 0 bridgehead atoms. The molecule has 1 amide bonds. The SMILES string of the molecule is CCOC(=O)c1[nH]c2ccc(Br)cc2c1NC(=O)CC[NH+]1CCC[C@@H](C)C1. The lowest BCUT2D eigenvalue weighted by Gasteiger charge is -2.27. The van der Waals surface area contributed by atoms with E-state index in [1.807, 2.05) is 18.2 Å². The molecule has 0 radical (unpaired) electrons. The Balaban J connectivity index is 1.75. The molecule has 2 heterocycles. The second kappa shape index (κ2) is 8.89. The maximum atomic E-state index is 12.6. The van der Waals surface area contributed by atoms with Gasteiger partial charge in [-0.25, -0.2) is 4.79 Å². The minimum Gasteiger partial charge on any atom is -0.461 e. The number of amides is 1. The molecule has 146 valence electrons. The van der Waals surface area contributed by atoms with E-state index in [0.717, 1.165) is 40.9 Å². The zero-order valence-electron chi connectivity index (χ0n) is 15.9. The van der Waals surface area contributed by atoms with Crippen molar-refractivity contribution in [2.45, 2.75) is 33.1 Å². The highest BCUT2D eigenvalue weighted by molar-refractivity contribution is 9.10. The van der Waals surface area contributed by atoms with Crippen LogP contribution in [0, 0.1) is 5.92 Å². The molecule has 6 nitrogen and oxygen atoms in total. The number of benzene rings is 1. The Labute approximate surface area is 167 Å². The molecule has 1 aromatic heterocycles. The summed E-state index contributed by atoms with van der Waals surface area (Å²) in [4.78, 5) is 29.5. The van der Waals surface area contributed by atoms with Crippen LogP contribution in [0.15, 0.2) is 22.7 Å². The van der Waals surface area contributed by atoms with Crippen LogP contribution in [0.25, 0.3) is 10.9 Å². The van der Waals surface area contributed by atoms with Gasteiger partial charge >= 0.3 is 5.97 Å². The van der Waals surface area contributed by atoms with Crippen LogP contribution in [-0.2, 0) is 9.53 Å². The summed E-state index contributed by atoms with van der Waals surface area (Å²) in [7, 11) is 0. The highest BCUT2D eigenvalue weighted by Crippen LogP contribution is 2.31. The summed E-state index contributed by atoms with van der Waals surface area (Å²) >= 11 is 3.45. The second-order valence-corrected chi connectivity index (χ2v) is 8.20. The molecule has 7 heteroatoms. The number of H-pyrrole nitrogens is 1. The number of nitrogens with one attached hydrogen (secondary N) is 3. The largest absolute Gasteiger partial charge is 0.461 e. The molecule has 1 aliphatic heterocycles. The average molecular weight is 437 g/mol. The number of carbonyl (C=O) groups excluding carboxylic acids is 2. The molecule has 1 fully saturated rings. The zero-order chi connectivity index (χ0) is 19.4. The van der Waals surface area contributed by atoms with Gasteiger partial charge in [0.15, 0.2) is 0 Å². The number of ether oxygens (including phenoxy) is 1. The van der Waals surface area contributed by atoms with E-state index >= 15 is 0 Å². The van der Waals surface area contributed by atoms with Crippen LogP contribution in [0.4, 0.5) is 5.69 Å². The molecule has 0 aliphatic carbocycles. The number of likely N-dealkylation sites (tertiary alicyclic amines) is 1. The van der Waals surface area contributed by atoms with Crippen molar-refractivity contribution >= 4 is 44.4 Å². The molecule has 2 atom stereocenters. The van der Waals surface area contributed by atoms with Crippen molar-refractivity contribution in [3.05, 3.63) is 28.4 Å². The van der Waals surface area contributed by atoms with Gasteiger partial charge in [0.2, 0.25) is 5.91 Å². The second-order valence-electron chi connectivity index (χ2n) is 7.29. The molecule has 1 unspecified atom stereocenters. The number of carbonyl (C=O) groups is 2. The van der Waals surface area contributed by atoms with E-state index < -0.39 is 5.97 Å². The predicted octanol–water partition coefficient (Wildman–Crippen LogP) is 2.75. The topological polar surface area (TPSA) is 75.6 Å². The van der Waals surface area contributed by atoms with E-state index in [1.54, 1.807) is 6.92 Å². The standard InChI is InChI=1S/C20H26BrN3O3/c1-3-27-20(26)19-18(15-11-14(21)6-7-16(15)22-19)23-17(25)8-10-24-9-4-5-13(2)12-24/h6-7,11,13,22H,3-5,8-10,12H2,1-2H3,(H,23,25)/p+1/t13-/m1/s1. The lowest BCUT2D eigenvalue weighted by Crippen LogP contribution is -3.13. The molecule has 2 aromatic rings. The van der Waals surface area contributed by atoms with Gasteiger partial charge in [0.1, 0.15) is 5.69 Å². The number of halogens is 1. The van der Waals surface area contributed by atoms with E-state index in [9.17, 15) is 9.59 Å². The number of rotatable bonds is 6. The Kier molecular flexibility index (Phi) is 6.55. The van der Waals surface area contributed by atoms with Crippen LogP contribution in [0.5, 0.6) is 0 Å². The number of hydrogen-bond donors (Lipinski definition) is 3. The third kappa shape index (κ3) is 4.90. The fourth-order valence-corrected chi connectivity index (χ4v) is 4.13. The van der Waals surface area contributed by atoms with Crippen LogP contribution < -0.4 is 10.2 Å². The number of anilines is 1. The fourth-order valence-electron chi connectivity index (χ4n) is 3.77. The molecule has 0 spiro atoms. The van der Waals surface area contributed by atoms with E-state index in [-0.39, 0.29) is 18.2 Å². The van der Waals surface area contributed by atoms with Crippen molar-refractivity contribution in [2.24, 2.45) is 5.92 Å². The number of quaternary nitrogens is 1. The molecule has 1 saturated heterocycles. The van der Waals surface area contributed by atoms with Crippen LogP contribution in [0.1, 0.15) is 43.6 Å². The first-order valence-electron chi connectivity index (χ1n) is 9.59. The van der Waals surface area contributed by atoms with E-state index in [0.29, 0.717) is 12.1 Å². The minimum atomic E-state index is -0.462. The van der Waals surface area contributed by atoms with Crippen LogP contribution >= 0.6 is 15.9 Å². The molecule has 3 rings (SSSR count). The zero-order valence-corrected chi connectivity index (χ0v) is 17.4. The van der Waals surface area contributed by atoms with E-state index in [1.165, 1.54) is 17.7 Å². The first kappa shape index (κ1) is 19.9. The maximum Gasteiger partial charge on any atom is 0.356 e. The van der Waals surface area contributed by atoms with Gasteiger partial charge in [0, 0.05) is 21.3 Å². The summed E-state index contributed by atoms with van der Waals surface area (Å²) in [6.07, 6.45) is 2.94. The van der Waals surface area contributed by atoms with Crippen molar-refractivity contribution in [2.75, 3.05) is 31.6 Å². The number of fused-ring (bicyclic) bond motifs is 1. The Morgan fingerprint density at radius 2 is 2.22 bits per heavy atom. The monoisotopic (exact) mass is 436 g/mol. The highest BCUT2D eigenvalue weighted by atomic mass is 79.9. The van der Waals surface area contributed by atoms with Gasteiger partial charge in [-0.1, -0.05) is 22.9 Å². The van der Waals surface area contributed by atoms with Gasteiger partial charge in [-0.2, -0.15) is 0 Å². The number of esters is 1. The molecular formula is C20H27BrN3O3+. The molecule has 0 saturated carbocycles. The summed E-state index contributed by atoms with van der Waals surface area (Å²) in [5, 5.41) is 3.74. The molecule has 1 aliphatic rings. The Bertz CT molecular complexity index is 833. The van der Waals surface area contributed by atoms with Gasteiger partial charge in [0.05, 0.1) is 38.3 Å². The Morgan fingerprint density at radius 3 is 2.96 bits per heavy atom. The first-order valence-corrected chi connectivity index (χ1v) is 10.4. The Hall–Kier alpha value is -1.86. The smallest absolute Gasteiger partial charge is 0.356 e. The summed E-state index contributed by atoms with van der Waals surface area (Å²) in [6, 6.07) is 5.65. The van der Waals surface area contributed by atoms with Crippen molar-refractivity contribution in [1.82, 2.24) is 4.98 Å². The van der Waals surface area contributed by atoms with E-state index in [2.05, 4.69) is 33.2 Å². The normalized spacial score (nSPS) is 19.8. The third-order valence-corrected chi connectivity index (χ3v) is 5.57. The molecule has 1 aromatic carbocycles. The van der Waals surface area contributed by atoms with Gasteiger partial charge in [-0.3, -0.25) is 4.79 Å². The quantitative estimate of drug-likeness (QED) is 0.609. The van der Waals surface area contributed by atoms with Crippen LogP contribution in [0.3, 0.4) is 0 Å². The molecule has 27 heavy (non-hydrogen) atoms. The predicted molar refractivity (Wildman–Crippen MR) is 109 cm³/mol. The number of piperidine rings is 1. The first-order chi connectivity index (χ1) is 13.0. The average Bonchev–Trinajstić information content (AvgIpc) is 2.98. The summed E-state index contributed by atoms with van der Waals surface area (Å²) < 4.78 is 6.02. The highest BCUT2D eigenvalue weighted by Gasteiger charge is 2.23. The summed E-state index contributed by atoms with van der Waals surface area (Å²) in [6.45, 7) is 7.39. The fraction of sp³-hybridized carbons (Fsp3) is 0.500. The van der Waals surface area contributed by atoms with E-state index in [4.69, 9.17) is 4.74 Å². The van der Waals surface area contributed by atoms with Crippen molar-refractivity contribution in [3.8, 4) is 0 Å². The van der Waals surface area contributed by atoms with Gasteiger partial charge in [0.25, 0.3) is 0 Å². The third-order valence-electron chi connectivity index (χ3n) is 5.07. The minimum absolute atomic E-state index is 0.0767. The van der Waals surface area contributed by atoms with Gasteiger partial charge in [-0.15, -0.1) is 0 Å². The number of aromatic nitrogens is 1. The lowest BCUT2D eigenvalue weighted by molar-refractivity contribution is -0.907. The van der Waals surface area contributed by atoms with Crippen molar-refractivity contribution in [3.63, 3.8) is 0 Å². The maximum absolute atomic E-state index is 12.6. The number of aromatic amines is 1. The Morgan fingerprint density at radius 1 is 1.41 bits per heavy atom. The molecular weight excluding hydrogens is 410 g/mol. The molecule has 3 N–H and O–H groups in total. The van der Waals surface area contributed by atoms with Crippen molar-refractivity contribution in [1.29, 1.82) is 0 Å². The summed E-state index contributed by atoms with van der Waals surface area (Å²) in [5.41, 5.74) is 1.57. The van der Waals surface area contributed by atoms with Crippen molar-refractivity contribution < 1.29 is 19.2 Å². The van der Waals surface area contributed by atoms with Crippen LogP contribution in [-0.4, -0.2) is 43.1 Å².